The molecule has 0 aliphatic heterocycles. The molecule has 2 aromatic heterocycles. The quantitative estimate of drug-likeness (QED) is 0.172. The largest absolute Gasteiger partial charge is 0.467 e. The Bertz CT molecular complexity index is 712. The molecule has 7 nitrogen and oxygen atoms in total. The maximum absolute atomic E-state index is 5.34. The first kappa shape index (κ1) is 23.1. The molecule has 0 amide bonds. The molecule has 1 saturated carbocycles. The van der Waals surface area contributed by atoms with Crippen LogP contribution >= 0.6 is 35.7 Å². The maximum atomic E-state index is 5.34. The molecule has 0 unspecified atom stereocenters. The summed E-state index contributed by atoms with van der Waals surface area (Å²) in [7, 11) is 0. The minimum absolute atomic E-state index is 0. The normalized spacial score (nSPS) is 14.9. The van der Waals surface area contributed by atoms with E-state index >= 15 is 0 Å². The maximum Gasteiger partial charge on any atom is 0.191 e. The third kappa shape index (κ3) is 6.40. The van der Waals surface area contributed by atoms with Crippen molar-refractivity contribution in [2.45, 2.75) is 63.2 Å². The van der Waals surface area contributed by atoms with Crippen LogP contribution in [0.25, 0.3) is 0 Å². The van der Waals surface area contributed by atoms with Gasteiger partial charge in [-0.1, -0.05) is 24.6 Å². The van der Waals surface area contributed by atoms with Gasteiger partial charge < -0.3 is 19.6 Å². The fraction of sp³-hybridized carbons (Fsp3) is 0.632. The fourth-order valence-corrected chi connectivity index (χ4v) is 4.07. The van der Waals surface area contributed by atoms with Crippen LogP contribution < -0.4 is 10.6 Å². The standard InChI is InChI=1S/C19H30N6OS.HI/c1-3-20-18(22-14-16-10-7-13-26-16)21-12-6-11-17-23-24-19(27-2)25(17)15-8-4-5-9-15;/h7,10,13,15H,3-6,8-9,11-12,14H2,1-2H3,(H2,20,21,22);1H. The zero-order chi connectivity index (χ0) is 18.9. The van der Waals surface area contributed by atoms with E-state index in [-0.39, 0.29) is 24.0 Å². The minimum atomic E-state index is 0. The lowest BCUT2D eigenvalue weighted by atomic mass is 10.2. The van der Waals surface area contributed by atoms with Crippen LogP contribution in [0.4, 0.5) is 0 Å². The monoisotopic (exact) mass is 518 g/mol. The van der Waals surface area contributed by atoms with Crippen molar-refractivity contribution in [1.29, 1.82) is 0 Å². The second-order valence-electron chi connectivity index (χ2n) is 6.72. The Morgan fingerprint density at radius 1 is 1.32 bits per heavy atom. The number of guanidine groups is 1. The minimum Gasteiger partial charge on any atom is -0.467 e. The third-order valence-electron chi connectivity index (χ3n) is 4.79. The van der Waals surface area contributed by atoms with E-state index < -0.39 is 0 Å². The van der Waals surface area contributed by atoms with E-state index in [9.17, 15) is 0 Å². The van der Waals surface area contributed by atoms with Crippen LogP contribution in [-0.4, -0.2) is 40.1 Å². The van der Waals surface area contributed by atoms with Gasteiger partial charge in [-0.25, -0.2) is 4.99 Å². The molecule has 0 saturated heterocycles. The molecule has 1 aliphatic carbocycles. The second-order valence-corrected chi connectivity index (χ2v) is 7.49. The molecule has 2 N–H and O–H groups in total. The molecule has 9 heteroatoms. The van der Waals surface area contributed by atoms with Gasteiger partial charge >= 0.3 is 0 Å². The Morgan fingerprint density at radius 3 is 2.82 bits per heavy atom. The molecule has 0 atom stereocenters. The Morgan fingerprint density at radius 2 is 2.14 bits per heavy atom. The Kier molecular flexibility index (Phi) is 10.2. The highest BCUT2D eigenvalue weighted by molar-refractivity contribution is 14.0. The lowest BCUT2D eigenvalue weighted by Gasteiger charge is -2.16. The van der Waals surface area contributed by atoms with Crippen LogP contribution in [0.2, 0.25) is 0 Å². The Balaban J connectivity index is 0.00000280. The van der Waals surface area contributed by atoms with E-state index in [2.05, 4.69) is 43.6 Å². The van der Waals surface area contributed by atoms with Crippen molar-refractivity contribution in [3.63, 3.8) is 0 Å². The summed E-state index contributed by atoms with van der Waals surface area (Å²) in [6, 6.07) is 4.40. The molecule has 0 aromatic carbocycles. The van der Waals surface area contributed by atoms with Crippen molar-refractivity contribution in [3.8, 4) is 0 Å². The van der Waals surface area contributed by atoms with Crippen molar-refractivity contribution >= 4 is 41.7 Å². The highest BCUT2D eigenvalue weighted by Crippen LogP contribution is 2.33. The topological polar surface area (TPSA) is 80.3 Å². The molecule has 156 valence electrons. The Hall–Kier alpha value is -1.23. The number of aryl methyl sites for hydroxylation is 1. The molecular formula is C19H31IN6OS. The van der Waals surface area contributed by atoms with Gasteiger partial charge in [0, 0.05) is 25.6 Å². The van der Waals surface area contributed by atoms with Gasteiger partial charge in [0.05, 0.1) is 6.26 Å². The number of rotatable bonds is 9. The fourth-order valence-electron chi connectivity index (χ4n) is 3.50. The van der Waals surface area contributed by atoms with E-state index in [0.717, 1.165) is 48.6 Å². The molecule has 0 radical (unpaired) electrons. The van der Waals surface area contributed by atoms with Crippen LogP contribution in [0.5, 0.6) is 0 Å². The molecule has 0 bridgehead atoms. The molecule has 1 fully saturated rings. The van der Waals surface area contributed by atoms with Crippen LogP contribution in [0.15, 0.2) is 33.0 Å². The number of hydrogen-bond donors (Lipinski definition) is 2. The lowest BCUT2D eigenvalue weighted by Crippen LogP contribution is -2.37. The van der Waals surface area contributed by atoms with Gasteiger partial charge in [-0.3, -0.25) is 0 Å². The zero-order valence-corrected chi connectivity index (χ0v) is 19.8. The van der Waals surface area contributed by atoms with Gasteiger partial charge in [0.2, 0.25) is 0 Å². The van der Waals surface area contributed by atoms with Crippen LogP contribution in [0, 0.1) is 0 Å². The Labute approximate surface area is 188 Å². The summed E-state index contributed by atoms with van der Waals surface area (Å²) >= 11 is 1.69. The van der Waals surface area contributed by atoms with Gasteiger partial charge in [0.25, 0.3) is 0 Å². The lowest BCUT2D eigenvalue weighted by molar-refractivity contribution is 0.460. The van der Waals surface area contributed by atoms with Crippen molar-refractivity contribution in [1.82, 2.24) is 25.4 Å². The van der Waals surface area contributed by atoms with Crippen LogP contribution in [0.1, 0.15) is 56.7 Å². The number of furan rings is 1. The highest BCUT2D eigenvalue weighted by Gasteiger charge is 2.23. The summed E-state index contributed by atoms with van der Waals surface area (Å²) in [5, 5.41) is 16.6. The SMILES string of the molecule is CCNC(=NCc1ccco1)NCCCc1nnc(SC)n1C1CCCC1.I. The molecular weight excluding hydrogens is 487 g/mol. The van der Waals surface area contributed by atoms with Gasteiger partial charge in [-0.2, -0.15) is 0 Å². The predicted octanol–water partition coefficient (Wildman–Crippen LogP) is 4.01. The third-order valence-corrected chi connectivity index (χ3v) is 5.44. The molecule has 1 aliphatic rings. The summed E-state index contributed by atoms with van der Waals surface area (Å²) < 4.78 is 7.72. The molecule has 28 heavy (non-hydrogen) atoms. The number of nitrogens with zero attached hydrogens (tertiary/aromatic N) is 4. The van der Waals surface area contributed by atoms with Gasteiger partial charge in [-0.05, 0) is 44.6 Å². The summed E-state index contributed by atoms with van der Waals surface area (Å²) in [6.45, 7) is 4.28. The van der Waals surface area contributed by atoms with Gasteiger partial charge in [0.15, 0.2) is 11.1 Å². The summed E-state index contributed by atoms with van der Waals surface area (Å²) in [6.07, 6.45) is 10.8. The van der Waals surface area contributed by atoms with E-state index in [4.69, 9.17) is 4.42 Å². The van der Waals surface area contributed by atoms with Crippen molar-refractivity contribution in [2.24, 2.45) is 4.99 Å². The number of thioether (sulfide) groups is 1. The van der Waals surface area contributed by atoms with E-state index in [1.54, 1.807) is 18.0 Å². The van der Waals surface area contributed by atoms with Crippen molar-refractivity contribution < 1.29 is 4.42 Å². The average Bonchev–Trinajstić information content (AvgIpc) is 3.44. The first-order chi connectivity index (χ1) is 13.3. The number of aliphatic imine (C=N–C) groups is 1. The predicted molar refractivity (Wildman–Crippen MR) is 125 cm³/mol. The second kappa shape index (κ2) is 12.4. The van der Waals surface area contributed by atoms with Crippen LogP contribution in [-0.2, 0) is 13.0 Å². The van der Waals surface area contributed by atoms with E-state index in [1.165, 1.54) is 25.7 Å². The molecule has 3 rings (SSSR count). The number of halogens is 1. The van der Waals surface area contributed by atoms with E-state index in [1.807, 2.05) is 12.1 Å². The van der Waals surface area contributed by atoms with E-state index in [0.29, 0.717) is 12.6 Å². The molecule has 2 aromatic rings. The van der Waals surface area contributed by atoms with Crippen LogP contribution in [0.3, 0.4) is 0 Å². The van der Waals surface area contributed by atoms with Crippen molar-refractivity contribution in [2.75, 3.05) is 19.3 Å². The molecule has 0 spiro atoms. The zero-order valence-electron chi connectivity index (χ0n) is 16.7. The number of nitrogens with one attached hydrogen (secondary N) is 2. The smallest absolute Gasteiger partial charge is 0.191 e. The highest BCUT2D eigenvalue weighted by atomic mass is 127. The molecule has 2 heterocycles. The van der Waals surface area contributed by atoms with Gasteiger partial charge in [0.1, 0.15) is 18.1 Å². The first-order valence-electron chi connectivity index (χ1n) is 9.84. The van der Waals surface area contributed by atoms with Gasteiger partial charge in [-0.15, -0.1) is 34.2 Å². The first-order valence-corrected chi connectivity index (χ1v) is 11.1. The summed E-state index contributed by atoms with van der Waals surface area (Å²) in [5.41, 5.74) is 0. The summed E-state index contributed by atoms with van der Waals surface area (Å²) in [4.78, 5) is 4.56. The summed E-state index contributed by atoms with van der Waals surface area (Å²) in [5.74, 6) is 2.79. The average molecular weight is 518 g/mol. The number of aromatic nitrogens is 3. The van der Waals surface area contributed by atoms with Crippen molar-refractivity contribution in [3.05, 3.63) is 30.0 Å². The number of hydrogen-bond acceptors (Lipinski definition) is 5.